The van der Waals surface area contributed by atoms with Gasteiger partial charge in [0.2, 0.25) is 5.91 Å². The maximum atomic E-state index is 11.8. The van der Waals surface area contributed by atoms with Crippen LogP contribution in [0.5, 0.6) is 5.75 Å². The van der Waals surface area contributed by atoms with Crippen LogP contribution in [-0.2, 0) is 11.3 Å². The van der Waals surface area contributed by atoms with E-state index in [0.29, 0.717) is 6.61 Å². The Bertz CT molecular complexity index is 1190. The van der Waals surface area contributed by atoms with Gasteiger partial charge in [0.15, 0.2) is 0 Å². The van der Waals surface area contributed by atoms with Crippen molar-refractivity contribution in [3.63, 3.8) is 0 Å². The SMILES string of the molecule is C=CC(=O)NC(C)c1nc2ccccc2n1CCCOc1cccc2ccccc12. The molecule has 0 aliphatic heterocycles. The third-order valence-corrected chi connectivity index (χ3v) is 5.15. The number of ether oxygens (including phenoxy) is 1. The number of hydrogen-bond acceptors (Lipinski definition) is 3. The summed E-state index contributed by atoms with van der Waals surface area (Å²) in [5.41, 5.74) is 1.97. The van der Waals surface area contributed by atoms with Crippen LogP contribution in [0.3, 0.4) is 0 Å². The van der Waals surface area contributed by atoms with Gasteiger partial charge in [-0.3, -0.25) is 4.79 Å². The molecule has 1 N–H and O–H groups in total. The molecule has 0 saturated heterocycles. The predicted molar refractivity (Wildman–Crippen MR) is 121 cm³/mol. The lowest BCUT2D eigenvalue weighted by Crippen LogP contribution is -2.27. The van der Waals surface area contributed by atoms with E-state index in [4.69, 9.17) is 9.72 Å². The molecular weight excluding hydrogens is 374 g/mol. The first-order valence-corrected chi connectivity index (χ1v) is 10.2. The van der Waals surface area contributed by atoms with Crippen molar-refractivity contribution in [2.24, 2.45) is 0 Å². The number of hydrogen-bond donors (Lipinski definition) is 1. The van der Waals surface area contributed by atoms with Crippen LogP contribution in [0.15, 0.2) is 79.4 Å². The van der Waals surface area contributed by atoms with Gasteiger partial charge < -0.3 is 14.6 Å². The molecule has 4 rings (SSSR count). The maximum Gasteiger partial charge on any atom is 0.243 e. The number of nitrogens with zero attached hydrogens (tertiary/aromatic N) is 2. The fourth-order valence-corrected chi connectivity index (χ4v) is 3.72. The van der Waals surface area contributed by atoms with Gasteiger partial charge >= 0.3 is 0 Å². The molecular formula is C25H25N3O2. The number of amides is 1. The Morgan fingerprint density at radius 3 is 2.77 bits per heavy atom. The van der Waals surface area contributed by atoms with Gasteiger partial charge in [0.1, 0.15) is 11.6 Å². The van der Waals surface area contributed by atoms with E-state index in [1.165, 1.54) is 11.5 Å². The minimum atomic E-state index is -0.220. The normalized spacial score (nSPS) is 12.0. The minimum Gasteiger partial charge on any atom is -0.493 e. The molecule has 0 fully saturated rings. The minimum absolute atomic E-state index is 0.208. The van der Waals surface area contributed by atoms with Gasteiger partial charge in [-0.05, 0) is 43.0 Å². The molecule has 30 heavy (non-hydrogen) atoms. The zero-order chi connectivity index (χ0) is 20.9. The molecule has 0 aliphatic rings. The van der Waals surface area contributed by atoms with Crippen LogP contribution in [0, 0.1) is 0 Å². The Balaban J connectivity index is 1.50. The highest BCUT2D eigenvalue weighted by Crippen LogP contribution is 2.26. The smallest absolute Gasteiger partial charge is 0.243 e. The van der Waals surface area contributed by atoms with Crippen LogP contribution >= 0.6 is 0 Å². The maximum absolute atomic E-state index is 11.8. The summed E-state index contributed by atoms with van der Waals surface area (Å²) < 4.78 is 8.26. The second-order valence-electron chi connectivity index (χ2n) is 7.22. The average molecular weight is 399 g/mol. The van der Waals surface area contributed by atoms with E-state index in [-0.39, 0.29) is 11.9 Å². The number of aromatic nitrogens is 2. The molecule has 0 bridgehead atoms. The predicted octanol–water partition coefficient (Wildman–Crippen LogP) is 5.02. The fourth-order valence-electron chi connectivity index (χ4n) is 3.72. The van der Waals surface area contributed by atoms with Crippen molar-refractivity contribution in [2.75, 3.05) is 6.61 Å². The van der Waals surface area contributed by atoms with Gasteiger partial charge in [0.05, 0.1) is 23.7 Å². The summed E-state index contributed by atoms with van der Waals surface area (Å²) in [5.74, 6) is 1.52. The summed E-state index contributed by atoms with van der Waals surface area (Å²) in [6, 6.07) is 22.1. The van der Waals surface area contributed by atoms with E-state index < -0.39 is 0 Å². The molecule has 5 nitrogen and oxygen atoms in total. The Hall–Kier alpha value is -3.60. The monoisotopic (exact) mass is 399 g/mol. The summed E-state index contributed by atoms with van der Waals surface area (Å²) in [6.07, 6.45) is 2.10. The van der Waals surface area contributed by atoms with Crippen molar-refractivity contribution >= 4 is 27.7 Å². The molecule has 0 spiro atoms. The molecule has 1 aromatic heterocycles. The number of benzene rings is 3. The molecule has 1 amide bonds. The summed E-state index contributed by atoms with van der Waals surface area (Å²) in [4.78, 5) is 16.5. The zero-order valence-corrected chi connectivity index (χ0v) is 17.0. The summed E-state index contributed by atoms with van der Waals surface area (Å²) >= 11 is 0. The molecule has 0 radical (unpaired) electrons. The van der Waals surface area contributed by atoms with E-state index in [2.05, 4.69) is 40.7 Å². The van der Waals surface area contributed by atoms with Crippen molar-refractivity contribution in [1.82, 2.24) is 14.9 Å². The number of rotatable bonds is 8. The Morgan fingerprint density at radius 1 is 1.13 bits per heavy atom. The van der Waals surface area contributed by atoms with Gasteiger partial charge in [-0.25, -0.2) is 4.98 Å². The number of aryl methyl sites for hydroxylation is 1. The highest BCUT2D eigenvalue weighted by Gasteiger charge is 2.17. The van der Waals surface area contributed by atoms with E-state index in [1.807, 2.05) is 49.4 Å². The Labute approximate surface area is 176 Å². The number of nitrogens with one attached hydrogen (secondary N) is 1. The number of imidazole rings is 1. The second-order valence-corrected chi connectivity index (χ2v) is 7.22. The van der Waals surface area contributed by atoms with Gasteiger partial charge in [-0.1, -0.05) is 55.1 Å². The number of para-hydroxylation sites is 2. The average Bonchev–Trinajstić information content (AvgIpc) is 3.15. The molecule has 4 aromatic rings. The third kappa shape index (κ3) is 4.06. The van der Waals surface area contributed by atoms with Gasteiger partial charge in [-0.15, -0.1) is 0 Å². The summed E-state index contributed by atoms with van der Waals surface area (Å²) in [7, 11) is 0. The van der Waals surface area contributed by atoms with Crippen molar-refractivity contribution in [2.45, 2.75) is 25.9 Å². The van der Waals surface area contributed by atoms with Crippen LogP contribution in [0.25, 0.3) is 21.8 Å². The van der Waals surface area contributed by atoms with E-state index in [0.717, 1.165) is 41.0 Å². The van der Waals surface area contributed by atoms with Crippen LogP contribution < -0.4 is 10.1 Å². The Morgan fingerprint density at radius 2 is 1.90 bits per heavy atom. The van der Waals surface area contributed by atoms with Crippen LogP contribution in [0.4, 0.5) is 0 Å². The molecule has 0 aliphatic carbocycles. The molecule has 152 valence electrons. The van der Waals surface area contributed by atoms with Crippen molar-refractivity contribution in [1.29, 1.82) is 0 Å². The number of carbonyl (C=O) groups excluding carboxylic acids is 1. The standard InChI is InChI=1S/C25H25N3O2/c1-3-24(29)26-18(2)25-27-21-13-6-7-14-22(21)28(25)16-9-17-30-23-15-8-11-19-10-4-5-12-20(19)23/h3-8,10-15,18H,1,9,16-17H2,2H3,(H,26,29). The summed E-state index contributed by atoms with van der Waals surface area (Å²) in [6.45, 7) is 6.80. The molecule has 1 atom stereocenters. The van der Waals surface area contributed by atoms with E-state index in [1.54, 1.807) is 0 Å². The zero-order valence-electron chi connectivity index (χ0n) is 17.0. The molecule has 1 unspecified atom stereocenters. The first kappa shape index (κ1) is 19.7. The van der Waals surface area contributed by atoms with Crippen molar-refractivity contribution in [3.05, 3.63) is 85.2 Å². The quantitative estimate of drug-likeness (QED) is 0.334. The van der Waals surface area contributed by atoms with Gasteiger partial charge in [-0.2, -0.15) is 0 Å². The number of carbonyl (C=O) groups is 1. The topological polar surface area (TPSA) is 56.2 Å². The van der Waals surface area contributed by atoms with Gasteiger partial charge in [0, 0.05) is 11.9 Å². The van der Waals surface area contributed by atoms with Crippen LogP contribution in [0.1, 0.15) is 25.2 Å². The van der Waals surface area contributed by atoms with E-state index in [9.17, 15) is 4.79 Å². The first-order valence-electron chi connectivity index (χ1n) is 10.2. The van der Waals surface area contributed by atoms with Crippen molar-refractivity contribution in [3.8, 4) is 5.75 Å². The molecule has 3 aromatic carbocycles. The molecule has 0 saturated carbocycles. The molecule has 1 heterocycles. The van der Waals surface area contributed by atoms with Crippen molar-refractivity contribution < 1.29 is 9.53 Å². The summed E-state index contributed by atoms with van der Waals surface area (Å²) in [5, 5.41) is 5.20. The van der Waals surface area contributed by atoms with E-state index >= 15 is 0 Å². The van der Waals surface area contributed by atoms with Crippen LogP contribution in [0.2, 0.25) is 0 Å². The lowest BCUT2D eigenvalue weighted by Gasteiger charge is -2.16. The lowest BCUT2D eigenvalue weighted by molar-refractivity contribution is -0.117. The highest BCUT2D eigenvalue weighted by atomic mass is 16.5. The largest absolute Gasteiger partial charge is 0.493 e. The Kier molecular flexibility index (Phi) is 5.80. The highest BCUT2D eigenvalue weighted by molar-refractivity contribution is 5.88. The first-order chi connectivity index (χ1) is 14.7. The molecule has 5 heteroatoms. The number of fused-ring (bicyclic) bond motifs is 2. The second kappa shape index (κ2) is 8.82. The lowest BCUT2D eigenvalue weighted by atomic mass is 10.1. The fraction of sp³-hybridized carbons (Fsp3) is 0.200. The van der Waals surface area contributed by atoms with Gasteiger partial charge in [0.25, 0.3) is 0 Å². The van der Waals surface area contributed by atoms with Crippen LogP contribution in [-0.4, -0.2) is 22.1 Å². The third-order valence-electron chi connectivity index (χ3n) is 5.15.